The van der Waals surface area contributed by atoms with Gasteiger partial charge in [0.1, 0.15) is 5.69 Å². The number of nitrogens with one attached hydrogen (secondary N) is 1. The largest absolute Gasteiger partial charge is 0.465 e. The van der Waals surface area contributed by atoms with Crippen LogP contribution in [-0.2, 0) is 11.2 Å². The van der Waals surface area contributed by atoms with E-state index >= 15 is 0 Å². The molecule has 0 aliphatic rings. The van der Waals surface area contributed by atoms with Crippen molar-refractivity contribution in [3.8, 4) is 0 Å². The number of thiazole rings is 1. The summed E-state index contributed by atoms with van der Waals surface area (Å²) in [6.07, 6.45) is 0.659. The Bertz CT molecular complexity index is 637. The number of carbonyl (C=O) groups excluding carboxylic acids is 2. The van der Waals surface area contributed by atoms with Crippen LogP contribution in [0.5, 0.6) is 0 Å². The molecule has 21 heavy (non-hydrogen) atoms. The number of benzene rings is 1. The van der Waals surface area contributed by atoms with E-state index in [4.69, 9.17) is 5.73 Å². The number of anilines is 1. The Morgan fingerprint density at radius 1 is 1.33 bits per heavy atom. The lowest BCUT2D eigenvalue weighted by atomic mass is 10.2. The highest BCUT2D eigenvalue weighted by Gasteiger charge is 2.11. The second kappa shape index (κ2) is 6.96. The molecular weight excluding hydrogens is 290 g/mol. The number of amides is 1. The minimum absolute atomic E-state index is 0.291. The fourth-order valence-electron chi connectivity index (χ4n) is 1.66. The van der Waals surface area contributed by atoms with Gasteiger partial charge in [-0.3, -0.25) is 4.79 Å². The monoisotopic (exact) mass is 305 g/mol. The highest BCUT2D eigenvalue weighted by molar-refractivity contribution is 7.09. The van der Waals surface area contributed by atoms with Crippen LogP contribution in [-0.4, -0.2) is 30.5 Å². The summed E-state index contributed by atoms with van der Waals surface area (Å²) in [5.41, 5.74) is 6.82. The fraction of sp³-hybridized carbons (Fsp3) is 0.214. The van der Waals surface area contributed by atoms with Gasteiger partial charge < -0.3 is 15.8 Å². The highest BCUT2D eigenvalue weighted by atomic mass is 32.1. The number of ether oxygens (including phenoxy) is 1. The van der Waals surface area contributed by atoms with Gasteiger partial charge in [0.2, 0.25) is 0 Å². The van der Waals surface area contributed by atoms with E-state index in [1.54, 1.807) is 29.6 Å². The van der Waals surface area contributed by atoms with Gasteiger partial charge in [0, 0.05) is 17.5 Å². The summed E-state index contributed by atoms with van der Waals surface area (Å²) in [7, 11) is 1.32. The van der Waals surface area contributed by atoms with Crippen LogP contribution in [0.1, 0.15) is 25.9 Å². The van der Waals surface area contributed by atoms with Crippen molar-refractivity contribution in [2.45, 2.75) is 6.42 Å². The van der Waals surface area contributed by atoms with Gasteiger partial charge in [-0.05, 0) is 30.8 Å². The maximum atomic E-state index is 12.0. The lowest BCUT2D eigenvalue weighted by Gasteiger charge is -2.04. The van der Waals surface area contributed by atoms with E-state index in [0.717, 1.165) is 5.01 Å². The zero-order valence-corrected chi connectivity index (χ0v) is 12.3. The summed E-state index contributed by atoms with van der Waals surface area (Å²) in [5, 5.41) is 5.25. The smallest absolute Gasteiger partial charge is 0.337 e. The van der Waals surface area contributed by atoms with Crippen molar-refractivity contribution in [1.29, 1.82) is 0 Å². The molecule has 0 bridgehead atoms. The number of carbonyl (C=O) groups is 2. The first-order valence-electron chi connectivity index (χ1n) is 6.28. The molecule has 1 heterocycles. The first kappa shape index (κ1) is 15.1. The summed E-state index contributed by atoms with van der Waals surface area (Å²) in [4.78, 5) is 27.5. The van der Waals surface area contributed by atoms with Crippen LogP contribution < -0.4 is 11.1 Å². The van der Waals surface area contributed by atoms with E-state index < -0.39 is 5.97 Å². The second-order valence-corrected chi connectivity index (χ2v) is 5.13. The van der Waals surface area contributed by atoms with E-state index in [0.29, 0.717) is 29.9 Å². The number of nitrogens with two attached hydrogens (primary N) is 1. The van der Waals surface area contributed by atoms with E-state index in [1.807, 2.05) is 0 Å². The topological polar surface area (TPSA) is 94.3 Å². The molecule has 1 amide bonds. The zero-order chi connectivity index (χ0) is 15.2. The summed E-state index contributed by atoms with van der Waals surface area (Å²) in [6, 6.07) is 6.44. The number of hydrogen-bond acceptors (Lipinski definition) is 6. The molecule has 0 unspecified atom stereocenters. The summed E-state index contributed by atoms with van der Waals surface area (Å²) < 4.78 is 4.61. The molecule has 0 fully saturated rings. The lowest BCUT2D eigenvalue weighted by molar-refractivity contribution is 0.0600. The second-order valence-electron chi connectivity index (χ2n) is 4.19. The van der Waals surface area contributed by atoms with Gasteiger partial charge in [-0.15, -0.1) is 11.3 Å². The zero-order valence-electron chi connectivity index (χ0n) is 11.5. The van der Waals surface area contributed by atoms with Gasteiger partial charge in [-0.2, -0.15) is 0 Å². The van der Waals surface area contributed by atoms with Gasteiger partial charge in [0.05, 0.1) is 17.7 Å². The lowest BCUT2D eigenvalue weighted by Crippen LogP contribution is -2.13. The standard InChI is InChI=1S/C14H15N3O3S/c1-20-14(19)9-2-4-10(5-3-9)16-13(18)11-8-21-12(17-11)6-7-15/h2-5,8H,6-7,15H2,1H3,(H,16,18). The minimum Gasteiger partial charge on any atom is -0.465 e. The van der Waals surface area contributed by atoms with E-state index in [9.17, 15) is 9.59 Å². The Labute approximate surface area is 125 Å². The molecule has 0 aliphatic carbocycles. The Hall–Kier alpha value is -2.25. The predicted molar refractivity (Wildman–Crippen MR) is 80.6 cm³/mol. The first-order valence-corrected chi connectivity index (χ1v) is 7.16. The van der Waals surface area contributed by atoms with Crippen LogP contribution in [0.15, 0.2) is 29.6 Å². The van der Waals surface area contributed by atoms with Gasteiger partial charge in [-0.25, -0.2) is 9.78 Å². The molecular formula is C14H15N3O3S. The van der Waals surface area contributed by atoms with Crippen LogP contribution >= 0.6 is 11.3 Å². The molecule has 2 aromatic rings. The molecule has 1 aromatic carbocycles. The normalized spacial score (nSPS) is 10.2. The van der Waals surface area contributed by atoms with E-state index in [1.165, 1.54) is 18.4 Å². The Balaban J connectivity index is 2.03. The molecule has 6 nitrogen and oxygen atoms in total. The molecule has 0 saturated carbocycles. The van der Waals surface area contributed by atoms with Crippen molar-refractivity contribution in [1.82, 2.24) is 4.98 Å². The van der Waals surface area contributed by atoms with Crippen molar-refractivity contribution in [2.24, 2.45) is 5.73 Å². The fourth-order valence-corrected chi connectivity index (χ4v) is 2.45. The van der Waals surface area contributed by atoms with Crippen molar-refractivity contribution >= 4 is 28.9 Å². The molecule has 0 radical (unpaired) electrons. The van der Waals surface area contributed by atoms with E-state index in [2.05, 4.69) is 15.0 Å². The average Bonchev–Trinajstić information content (AvgIpc) is 2.96. The summed E-state index contributed by atoms with van der Waals surface area (Å²) >= 11 is 1.41. The SMILES string of the molecule is COC(=O)c1ccc(NC(=O)c2csc(CCN)n2)cc1. The third-order valence-electron chi connectivity index (χ3n) is 2.71. The number of rotatable bonds is 5. The molecule has 0 spiro atoms. The Kier molecular flexibility index (Phi) is 5.02. The molecule has 3 N–H and O–H groups in total. The molecule has 0 aliphatic heterocycles. The van der Waals surface area contributed by atoms with Crippen LogP contribution in [0, 0.1) is 0 Å². The maximum Gasteiger partial charge on any atom is 0.337 e. The first-order chi connectivity index (χ1) is 10.1. The van der Waals surface area contributed by atoms with Gasteiger partial charge in [0.15, 0.2) is 0 Å². The minimum atomic E-state index is -0.418. The maximum absolute atomic E-state index is 12.0. The summed E-state index contributed by atoms with van der Waals surface area (Å²) in [6.45, 7) is 0.504. The highest BCUT2D eigenvalue weighted by Crippen LogP contribution is 2.14. The molecule has 110 valence electrons. The summed E-state index contributed by atoms with van der Waals surface area (Å²) in [5.74, 6) is -0.709. The quantitative estimate of drug-likeness (QED) is 0.820. The van der Waals surface area contributed by atoms with Gasteiger partial charge in [-0.1, -0.05) is 0 Å². The molecule has 0 saturated heterocycles. The number of methoxy groups -OCH3 is 1. The van der Waals surface area contributed by atoms with Crippen LogP contribution in [0.2, 0.25) is 0 Å². The predicted octanol–water partition coefficient (Wildman–Crippen LogP) is 1.68. The van der Waals surface area contributed by atoms with Crippen molar-refractivity contribution < 1.29 is 14.3 Å². The molecule has 2 rings (SSSR count). The van der Waals surface area contributed by atoms with E-state index in [-0.39, 0.29) is 5.91 Å². The number of aromatic nitrogens is 1. The van der Waals surface area contributed by atoms with Crippen LogP contribution in [0.25, 0.3) is 0 Å². The number of esters is 1. The third-order valence-corrected chi connectivity index (χ3v) is 3.62. The number of hydrogen-bond donors (Lipinski definition) is 2. The molecule has 7 heteroatoms. The van der Waals surface area contributed by atoms with Gasteiger partial charge in [0.25, 0.3) is 5.91 Å². The molecule has 1 aromatic heterocycles. The number of nitrogens with zero attached hydrogens (tertiary/aromatic N) is 1. The van der Waals surface area contributed by atoms with Crippen molar-refractivity contribution in [2.75, 3.05) is 19.0 Å². The third kappa shape index (κ3) is 3.87. The van der Waals surface area contributed by atoms with Gasteiger partial charge >= 0.3 is 5.97 Å². The van der Waals surface area contributed by atoms with Crippen LogP contribution in [0.4, 0.5) is 5.69 Å². The van der Waals surface area contributed by atoms with Crippen molar-refractivity contribution in [3.63, 3.8) is 0 Å². The Morgan fingerprint density at radius 2 is 2.05 bits per heavy atom. The average molecular weight is 305 g/mol. The van der Waals surface area contributed by atoms with Crippen LogP contribution in [0.3, 0.4) is 0 Å². The van der Waals surface area contributed by atoms with Crippen molar-refractivity contribution in [3.05, 3.63) is 45.9 Å². The molecule has 0 atom stereocenters. The Morgan fingerprint density at radius 3 is 2.67 bits per heavy atom.